The number of sulfonamides is 1. The van der Waals surface area contributed by atoms with Crippen molar-refractivity contribution in [3.8, 4) is 0 Å². The molecule has 116 valence electrons. The Hall–Kier alpha value is -0.980. The van der Waals surface area contributed by atoms with Crippen LogP contribution in [0.4, 0.5) is 0 Å². The molecule has 1 aliphatic heterocycles. The van der Waals surface area contributed by atoms with Gasteiger partial charge >= 0.3 is 0 Å². The number of thiocarbonyl (C=S) groups is 1. The predicted octanol–water partition coefficient (Wildman–Crippen LogP) is 2.27. The number of nitrogens with zero attached hydrogens (tertiary/aromatic N) is 1. The molecule has 1 aliphatic rings. The summed E-state index contributed by atoms with van der Waals surface area (Å²) in [7, 11) is -3.23. The van der Waals surface area contributed by atoms with Gasteiger partial charge in [-0.05, 0) is 24.3 Å². The molecular formula is C15H22N2O2S2. The number of hydrogen-bond donors (Lipinski definition) is 1. The van der Waals surface area contributed by atoms with Gasteiger partial charge in [-0.1, -0.05) is 49.8 Å². The summed E-state index contributed by atoms with van der Waals surface area (Å²) in [4.78, 5) is 0.325. The van der Waals surface area contributed by atoms with Gasteiger partial charge in [0.1, 0.15) is 4.99 Å². The first-order chi connectivity index (χ1) is 9.92. The lowest BCUT2D eigenvalue weighted by molar-refractivity contribution is 0.444. The van der Waals surface area contributed by atoms with Gasteiger partial charge in [0.15, 0.2) is 0 Å². The molecule has 1 unspecified atom stereocenters. The van der Waals surface area contributed by atoms with Gasteiger partial charge in [-0.2, -0.15) is 0 Å². The molecule has 0 aliphatic carbocycles. The molecule has 6 heteroatoms. The highest BCUT2D eigenvalue weighted by atomic mass is 32.2. The first-order valence-electron chi connectivity index (χ1n) is 7.29. The molecule has 1 heterocycles. The normalized spacial score (nSPS) is 19.8. The molecule has 0 spiro atoms. The van der Waals surface area contributed by atoms with Crippen LogP contribution in [0.15, 0.2) is 24.3 Å². The van der Waals surface area contributed by atoms with Crippen LogP contribution in [0.2, 0.25) is 0 Å². The Morgan fingerprint density at radius 2 is 2.05 bits per heavy atom. The summed E-state index contributed by atoms with van der Waals surface area (Å²) in [5.41, 5.74) is 7.07. The Balaban J connectivity index is 2.02. The van der Waals surface area contributed by atoms with Crippen molar-refractivity contribution in [3.05, 3.63) is 35.4 Å². The highest BCUT2D eigenvalue weighted by Crippen LogP contribution is 2.25. The van der Waals surface area contributed by atoms with Crippen LogP contribution in [0, 0.1) is 5.92 Å². The maximum atomic E-state index is 12.4. The van der Waals surface area contributed by atoms with E-state index in [-0.39, 0.29) is 5.75 Å². The first-order valence-corrected chi connectivity index (χ1v) is 9.30. The quantitative estimate of drug-likeness (QED) is 0.815. The number of nitrogens with two attached hydrogens (primary N) is 1. The molecule has 1 saturated heterocycles. The maximum absolute atomic E-state index is 12.4. The van der Waals surface area contributed by atoms with Gasteiger partial charge in [0.25, 0.3) is 0 Å². The number of benzene rings is 1. The highest BCUT2D eigenvalue weighted by Gasteiger charge is 2.30. The minimum atomic E-state index is -3.23. The van der Waals surface area contributed by atoms with Gasteiger partial charge in [-0.3, -0.25) is 0 Å². The fourth-order valence-electron chi connectivity index (χ4n) is 2.76. The van der Waals surface area contributed by atoms with Crippen LogP contribution in [-0.2, 0) is 15.8 Å². The Bertz CT molecular complexity index is 597. The van der Waals surface area contributed by atoms with Crippen molar-refractivity contribution in [2.75, 3.05) is 13.1 Å². The third kappa shape index (κ3) is 4.25. The molecule has 0 aromatic heterocycles. The minimum absolute atomic E-state index is 0.0451. The molecule has 1 atom stereocenters. The van der Waals surface area contributed by atoms with E-state index in [0.717, 1.165) is 30.4 Å². The van der Waals surface area contributed by atoms with Crippen molar-refractivity contribution >= 4 is 27.2 Å². The third-order valence-electron chi connectivity index (χ3n) is 3.93. The van der Waals surface area contributed by atoms with Crippen LogP contribution in [0.25, 0.3) is 0 Å². The van der Waals surface area contributed by atoms with Crippen molar-refractivity contribution in [3.63, 3.8) is 0 Å². The summed E-state index contributed by atoms with van der Waals surface area (Å²) in [6.45, 7) is 3.46. The van der Waals surface area contributed by atoms with E-state index in [4.69, 9.17) is 18.0 Å². The average Bonchev–Trinajstić information content (AvgIpc) is 2.89. The van der Waals surface area contributed by atoms with Gasteiger partial charge in [0.05, 0.1) is 5.75 Å². The Kier molecular flexibility index (Phi) is 5.35. The molecule has 0 bridgehead atoms. The summed E-state index contributed by atoms with van der Waals surface area (Å²) < 4.78 is 26.5. The van der Waals surface area contributed by atoms with E-state index in [1.165, 1.54) is 0 Å². The number of rotatable bonds is 6. The van der Waals surface area contributed by atoms with Gasteiger partial charge in [-0.25, -0.2) is 12.7 Å². The Morgan fingerprint density at radius 1 is 1.38 bits per heavy atom. The Labute approximate surface area is 132 Å². The molecule has 1 aromatic carbocycles. The zero-order chi connectivity index (χ0) is 15.5. The molecule has 2 N–H and O–H groups in total. The molecule has 0 radical (unpaired) electrons. The standard InChI is InChI=1S/C15H22N2O2S2/c1-2-3-12-8-9-17(10-12)21(18,19)11-13-4-6-14(7-5-13)15(16)20/h4-7,12H,2-3,8-11H2,1H3,(H2,16,20). The van der Waals surface area contributed by atoms with Crippen LogP contribution < -0.4 is 5.73 Å². The van der Waals surface area contributed by atoms with E-state index >= 15 is 0 Å². The highest BCUT2D eigenvalue weighted by molar-refractivity contribution is 7.88. The third-order valence-corrected chi connectivity index (χ3v) is 5.98. The van der Waals surface area contributed by atoms with E-state index in [0.29, 0.717) is 24.0 Å². The monoisotopic (exact) mass is 326 g/mol. The van der Waals surface area contributed by atoms with Gasteiger partial charge < -0.3 is 5.73 Å². The molecule has 1 fully saturated rings. The molecule has 21 heavy (non-hydrogen) atoms. The SMILES string of the molecule is CCCC1CCN(S(=O)(=O)Cc2ccc(C(N)=S)cc2)C1. The summed E-state index contributed by atoms with van der Waals surface area (Å²) in [6.07, 6.45) is 3.20. The van der Waals surface area contributed by atoms with Crippen molar-refractivity contribution < 1.29 is 8.42 Å². The molecule has 2 rings (SSSR count). The zero-order valence-electron chi connectivity index (χ0n) is 12.3. The summed E-state index contributed by atoms with van der Waals surface area (Å²) in [6, 6.07) is 7.12. The fraction of sp³-hybridized carbons (Fsp3) is 0.533. The maximum Gasteiger partial charge on any atom is 0.218 e. The molecule has 4 nitrogen and oxygen atoms in total. The zero-order valence-corrected chi connectivity index (χ0v) is 13.9. The van der Waals surface area contributed by atoms with Crippen LogP contribution >= 0.6 is 12.2 Å². The van der Waals surface area contributed by atoms with Crippen molar-refractivity contribution in [1.29, 1.82) is 0 Å². The lowest BCUT2D eigenvalue weighted by Gasteiger charge is -2.16. The van der Waals surface area contributed by atoms with Crippen molar-refractivity contribution in [1.82, 2.24) is 4.31 Å². The first kappa shape index (κ1) is 16.4. The smallest absolute Gasteiger partial charge is 0.218 e. The van der Waals surface area contributed by atoms with E-state index in [2.05, 4.69) is 6.92 Å². The van der Waals surface area contributed by atoms with Crippen LogP contribution in [-0.4, -0.2) is 30.8 Å². The molecule has 0 saturated carbocycles. The number of hydrogen-bond acceptors (Lipinski definition) is 3. The van der Waals surface area contributed by atoms with E-state index < -0.39 is 10.0 Å². The van der Waals surface area contributed by atoms with Gasteiger partial charge in [0.2, 0.25) is 10.0 Å². The molecule has 1 aromatic rings. The summed E-state index contributed by atoms with van der Waals surface area (Å²) in [5.74, 6) is 0.561. The van der Waals surface area contributed by atoms with E-state index in [1.54, 1.807) is 28.6 Å². The van der Waals surface area contributed by atoms with Crippen molar-refractivity contribution in [2.24, 2.45) is 11.7 Å². The van der Waals surface area contributed by atoms with Crippen LogP contribution in [0.3, 0.4) is 0 Å². The topological polar surface area (TPSA) is 63.4 Å². The summed E-state index contributed by atoms with van der Waals surface area (Å²) >= 11 is 4.89. The van der Waals surface area contributed by atoms with Crippen LogP contribution in [0.1, 0.15) is 37.3 Å². The second kappa shape index (κ2) is 6.85. The van der Waals surface area contributed by atoms with E-state index in [9.17, 15) is 8.42 Å². The summed E-state index contributed by atoms with van der Waals surface area (Å²) in [5, 5.41) is 0. The van der Waals surface area contributed by atoms with Crippen LogP contribution in [0.5, 0.6) is 0 Å². The predicted molar refractivity (Wildman–Crippen MR) is 89.5 cm³/mol. The molecule has 0 amide bonds. The largest absolute Gasteiger partial charge is 0.389 e. The van der Waals surface area contributed by atoms with E-state index in [1.807, 2.05) is 0 Å². The second-order valence-electron chi connectivity index (χ2n) is 5.62. The van der Waals surface area contributed by atoms with Gasteiger partial charge in [-0.15, -0.1) is 0 Å². The second-order valence-corrected chi connectivity index (χ2v) is 8.03. The average molecular weight is 326 g/mol. The lowest BCUT2D eigenvalue weighted by Crippen LogP contribution is -2.30. The van der Waals surface area contributed by atoms with Crippen molar-refractivity contribution in [2.45, 2.75) is 31.9 Å². The van der Waals surface area contributed by atoms with Gasteiger partial charge in [0, 0.05) is 18.7 Å². The molecular weight excluding hydrogens is 304 g/mol. The minimum Gasteiger partial charge on any atom is -0.389 e. The Morgan fingerprint density at radius 3 is 2.62 bits per heavy atom. The fourth-order valence-corrected chi connectivity index (χ4v) is 4.51. The lowest BCUT2D eigenvalue weighted by atomic mass is 10.0.